The van der Waals surface area contributed by atoms with E-state index >= 15 is 0 Å². The fourth-order valence-corrected chi connectivity index (χ4v) is 4.75. The Morgan fingerprint density at radius 1 is 0.611 bits per heavy atom. The van der Waals surface area contributed by atoms with Crippen LogP contribution in [-0.4, -0.2) is 108 Å². The Labute approximate surface area is 207 Å². The third kappa shape index (κ3) is 5.74. The fourth-order valence-electron chi connectivity index (χ4n) is 4.75. The molecule has 4 aliphatic rings. The molecule has 36 heavy (non-hydrogen) atoms. The second-order valence-electron chi connectivity index (χ2n) is 9.03. The lowest BCUT2D eigenvalue weighted by Crippen LogP contribution is -2.67. The number of esters is 1. The molecule has 0 aromatic rings. The summed E-state index contributed by atoms with van der Waals surface area (Å²) < 4.78 is 5.00. The summed E-state index contributed by atoms with van der Waals surface area (Å²) >= 11 is 0. The number of fused-ring (bicyclic) bond motifs is 3. The standard InChI is InChI=1S/C21H32N8O7/c30-16-10-22-19(33)13-4-1-7-24-27(13)17(31)12-36-18(32)11-23-20(34)14-5-2-9-26-29(14)21(35)15-6-3-8-25-28(15)16/h13-15,24-26H,1-12H2,(H,22,33)(H,23,34). The van der Waals surface area contributed by atoms with Crippen LogP contribution in [0, 0.1) is 0 Å². The molecule has 15 nitrogen and oxygen atoms in total. The number of hydrogen-bond donors (Lipinski definition) is 5. The zero-order valence-electron chi connectivity index (χ0n) is 19.9. The van der Waals surface area contributed by atoms with E-state index in [-0.39, 0.29) is 6.54 Å². The van der Waals surface area contributed by atoms with Crippen LogP contribution < -0.4 is 26.9 Å². The van der Waals surface area contributed by atoms with E-state index in [1.807, 2.05) is 0 Å². The third-order valence-electron chi connectivity index (χ3n) is 6.59. The number of hydrazine groups is 3. The summed E-state index contributed by atoms with van der Waals surface area (Å²) in [5.74, 6) is -3.53. The predicted octanol–water partition coefficient (Wildman–Crippen LogP) is -3.74. The lowest BCUT2D eigenvalue weighted by atomic mass is 10.0. The second kappa shape index (κ2) is 11.6. The molecular formula is C21H32N8O7. The number of nitrogens with zero attached hydrogens (tertiary/aromatic N) is 3. The lowest BCUT2D eigenvalue weighted by molar-refractivity contribution is -0.160. The van der Waals surface area contributed by atoms with Crippen LogP contribution in [0.2, 0.25) is 0 Å². The van der Waals surface area contributed by atoms with E-state index in [1.165, 1.54) is 10.0 Å². The summed E-state index contributed by atoms with van der Waals surface area (Å²) in [6.07, 6.45) is 2.98. The number of hydrogen-bond acceptors (Lipinski definition) is 10. The van der Waals surface area contributed by atoms with Crippen LogP contribution >= 0.6 is 0 Å². The number of ether oxygens (including phenoxy) is 1. The largest absolute Gasteiger partial charge is 0.454 e. The monoisotopic (exact) mass is 508 g/mol. The first-order valence-electron chi connectivity index (χ1n) is 12.3. The highest BCUT2D eigenvalue weighted by molar-refractivity contribution is 5.95. The fraction of sp³-hybridized carbons (Fsp3) is 0.714. The maximum absolute atomic E-state index is 13.5. The molecule has 4 saturated heterocycles. The summed E-state index contributed by atoms with van der Waals surface area (Å²) in [6.45, 7) is -0.114. The molecule has 4 rings (SSSR count). The van der Waals surface area contributed by atoms with E-state index in [0.29, 0.717) is 58.2 Å². The number of carbonyl (C=O) groups is 6. The van der Waals surface area contributed by atoms with Crippen molar-refractivity contribution in [2.45, 2.75) is 56.7 Å². The quantitative estimate of drug-likeness (QED) is 0.204. The molecule has 5 amide bonds. The van der Waals surface area contributed by atoms with E-state index < -0.39 is 66.8 Å². The van der Waals surface area contributed by atoms with Crippen molar-refractivity contribution in [2.75, 3.05) is 39.3 Å². The predicted molar refractivity (Wildman–Crippen MR) is 121 cm³/mol. The van der Waals surface area contributed by atoms with Gasteiger partial charge in [0, 0.05) is 19.6 Å². The molecule has 4 heterocycles. The lowest BCUT2D eigenvalue weighted by Gasteiger charge is -2.41. The summed E-state index contributed by atoms with van der Waals surface area (Å²) in [4.78, 5) is 77.1. The topological polar surface area (TPSA) is 182 Å². The number of rotatable bonds is 0. The molecule has 5 N–H and O–H groups in total. The zero-order valence-corrected chi connectivity index (χ0v) is 19.9. The van der Waals surface area contributed by atoms with Crippen LogP contribution in [0.4, 0.5) is 0 Å². The molecule has 0 aliphatic carbocycles. The third-order valence-corrected chi connectivity index (χ3v) is 6.59. The minimum absolute atomic E-state index is 0.355. The van der Waals surface area contributed by atoms with Crippen molar-refractivity contribution in [1.82, 2.24) is 41.9 Å². The molecular weight excluding hydrogens is 476 g/mol. The first-order chi connectivity index (χ1) is 17.4. The number of amides is 5. The Morgan fingerprint density at radius 2 is 1.11 bits per heavy atom. The first-order valence-corrected chi connectivity index (χ1v) is 12.3. The van der Waals surface area contributed by atoms with Gasteiger partial charge in [-0.2, -0.15) is 0 Å². The van der Waals surface area contributed by atoms with Gasteiger partial charge in [0.15, 0.2) is 6.61 Å². The van der Waals surface area contributed by atoms with Gasteiger partial charge in [-0.1, -0.05) is 0 Å². The van der Waals surface area contributed by atoms with Crippen molar-refractivity contribution >= 4 is 35.5 Å². The average molecular weight is 509 g/mol. The maximum atomic E-state index is 13.5. The molecule has 4 aliphatic heterocycles. The highest BCUT2D eigenvalue weighted by Crippen LogP contribution is 2.19. The van der Waals surface area contributed by atoms with Gasteiger partial charge in [-0.15, -0.1) is 0 Å². The van der Waals surface area contributed by atoms with E-state index in [0.717, 1.165) is 5.01 Å². The van der Waals surface area contributed by atoms with Crippen molar-refractivity contribution < 1.29 is 33.5 Å². The zero-order chi connectivity index (χ0) is 25.7. The van der Waals surface area contributed by atoms with Crippen LogP contribution in [0.25, 0.3) is 0 Å². The van der Waals surface area contributed by atoms with Gasteiger partial charge in [0.2, 0.25) is 11.8 Å². The van der Waals surface area contributed by atoms with Crippen molar-refractivity contribution in [3.8, 4) is 0 Å². The summed E-state index contributed by atoms with van der Waals surface area (Å²) in [5.41, 5.74) is 8.70. The number of nitrogens with one attached hydrogen (secondary N) is 5. The highest BCUT2D eigenvalue weighted by Gasteiger charge is 2.41. The summed E-state index contributed by atoms with van der Waals surface area (Å²) in [5, 5.41) is 8.56. The molecule has 0 aromatic carbocycles. The average Bonchev–Trinajstić information content (AvgIpc) is 2.92. The first kappa shape index (κ1) is 25.8. The van der Waals surface area contributed by atoms with Crippen LogP contribution in [0.3, 0.4) is 0 Å². The van der Waals surface area contributed by atoms with Gasteiger partial charge in [0.25, 0.3) is 17.7 Å². The molecule has 0 radical (unpaired) electrons. The van der Waals surface area contributed by atoms with E-state index in [4.69, 9.17) is 4.74 Å². The number of carbonyl (C=O) groups excluding carboxylic acids is 6. The summed E-state index contributed by atoms with van der Waals surface area (Å²) in [6, 6.07) is -2.68. The van der Waals surface area contributed by atoms with Crippen LogP contribution in [-0.2, 0) is 33.5 Å². The minimum Gasteiger partial charge on any atom is -0.454 e. The van der Waals surface area contributed by atoms with E-state index in [2.05, 4.69) is 26.9 Å². The smallest absolute Gasteiger partial charge is 0.325 e. The Hall–Kier alpha value is -3.30. The van der Waals surface area contributed by atoms with Gasteiger partial charge in [0.05, 0.1) is 6.54 Å². The minimum atomic E-state index is -0.901. The molecule has 15 heteroatoms. The van der Waals surface area contributed by atoms with Gasteiger partial charge in [-0.3, -0.25) is 43.8 Å². The van der Waals surface area contributed by atoms with Crippen LogP contribution in [0.1, 0.15) is 38.5 Å². The van der Waals surface area contributed by atoms with E-state index in [9.17, 15) is 28.8 Å². The van der Waals surface area contributed by atoms with Crippen molar-refractivity contribution in [3.05, 3.63) is 0 Å². The van der Waals surface area contributed by atoms with Gasteiger partial charge in [-0.05, 0) is 38.5 Å². The summed E-state index contributed by atoms with van der Waals surface area (Å²) in [7, 11) is 0. The van der Waals surface area contributed by atoms with Crippen molar-refractivity contribution in [2.24, 2.45) is 0 Å². The molecule has 198 valence electrons. The Morgan fingerprint density at radius 3 is 1.75 bits per heavy atom. The number of cyclic esters (lactones) is 1. The van der Waals surface area contributed by atoms with Crippen LogP contribution in [0.5, 0.6) is 0 Å². The molecule has 3 unspecified atom stereocenters. The van der Waals surface area contributed by atoms with Crippen LogP contribution in [0.15, 0.2) is 0 Å². The van der Waals surface area contributed by atoms with Gasteiger partial charge in [0.1, 0.15) is 24.7 Å². The van der Waals surface area contributed by atoms with Crippen molar-refractivity contribution in [1.29, 1.82) is 0 Å². The van der Waals surface area contributed by atoms with E-state index in [1.54, 1.807) is 0 Å². The molecule has 0 spiro atoms. The second-order valence-corrected chi connectivity index (χ2v) is 9.03. The van der Waals surface area contributed by atoms with Crippen molar-refractivity contribution in [3.63, 3.8) is 0 Å². The normalized spacial score (nSPS) is 29.7. The molecule has 4 fully saturated rings. The molecule has 0 bridgehead atoms. The Bertz CT molecular complexity index is 913. The Kier molecular flexibility index (Phi) is 8.32. The molecule has 0 aromatic heterocycles. The Balaban J connectivity index is 1.57. The molecule has 3 atom stereocenters. The van der Waals surface area contributed by atoms with Gasteiger partial charge >= 0.3 is 5.97 Å². The maximum Gasteiger partial charge on any atom is 0.325 e. The van der Waals surface area contributed by atoms with Gasteiger partial charge in [-0.25, -0.2) is 16.3 Å². The molecule has 0 saturated carbocycles. The van der Waals surface area contributed by atoms with Gasteiger partial charge < -0.3 is 15.4 Å². The SMILES string of the molecule is O=C1CNC(=O)C2CCCNN2C(=O)C2CCCNN2C(=O)CNC(=O)C2CCCNN2C(=O)CO1. The highest BCUT2D eigenvalue weighted by atomic mass is 16.5.